The number of anilines is 1. The second-order valence-corrected chi connectivity index (χ2v) is 7.85. The minimum atomic E-state index is -0.300. The summed E-state index contributed by atoms with van der Waals surface area (Å²) in [5, 5.41) is 9.17. The zero-order valence-corrected chi connectivity index (χ0v) is 20.6. The number of rotatable bonds is 15. The molecule has 200 valence electrons. The van der Waals surface area contributed by atoms with E-state index in [0.717, 1.165) is 11.3 Å². The van der Waals surface area contributed by atoms with Crippen LogP contribution in [0.4, 0.5) is 5.69 Å². The number of aliphatic imine (C=N–C) groups is 1. The van der Waals surface area contributed by atoms with E-state index in [2.05, 4.69) is 25.7 Å². The van der Waals surface area contributed by atoms with Crippen LogP contribution in [0.1, 0.15) is 5.56 Å². The molecule has 0 aliphatic carbocycles. The van der Waals surface area contributed by atoms with E-state index >= 15 is 0 Å². The number of fused-ring (bicyclic) bond motifs is 1. The normalized spacial score (nSPS) is 14.7. The van der Waals surface area contributed by atoms with Crippen LogP contribution in [0, 0.1) is 0 Å². The van der Waals surface area contributed by atoms with Gasteiger partial charge < -0.3 is 33.7 Å². The number of hydrogen-bond donors (Lipinski definition) is 2. The second kappa shape index (κ2) is 14.4. The number of guanidine groups is 1. The molecule has 2 aromatic rings. The Labute approximate surface area is 219 Å². The summed E-state index contributed by atoms with van der Waals surface area (Å²) in [6.45, 7) is 3.49. The van der Waals surface area contributed by atoms with Crippen LogP contribution >= 0.6 is 0 Å². The maximum absolute atomic E-state index is 12.3. The topological polar surface area (TPSA) is 158 Å². The molecule has 0 bridgehead atoms. The molecule has 2 aliphatic heterocycles. The van der Waals surface area contributed by atoms with E-state index in [-0.39, 0.29) is 18.4 Å². The van der Waals surface area contributed by atoms with Crippen LogP contribution in [0.3, 0.4) is 0 Å². The first-order valence-electron chi connectivity index (χ1n) is 12.0. The first-order chi connectivity index (χ1) is 18.7. The molecule has 2 aliphatic rings. The van der Waals surface area contributed by atoms with Crippen LogP contribution < -0.4 is 24.8 Å². The molecule has 2 heterocycles. The quantitative estimate of drug-likeness (QED) is 0.118. The fraction of sp³-hybridized carbons (Fsp3) is 0.360. The van der Waals surface area contributed by atoms with E-state index in [0.29, 0.717) is 76.0 Å². The number of azide groups is 1. The first kappa shape index (κ1) is 26.8. The van der Waals surface area contributed by atoms with E-state index in [1.165, 1.54) is 0 Å². The Morgan fingerprint density at radius 3 is 2.45 bits per heavy atom. The summed E-state index contributed by atoms with van der Waals surface area (Å²) in [5.74, 6) is 2.05. The Balaban J connectivity index is 1.11. The molecule has 13 nitrogen and oxygen atoms in total. The van der Waals surface area contributed by atoms with Crippen molar-refractivity contribution in [3.8, 4) is 17.2 Å². The third-order valence-corrected chi connectivity index (χ3v) is 5.15. The zero-order valence-electron chi connectivity index (χ0n) is 20.6. The molecule has 38 heavy (non-hydrogen) atoms. The van der Waals surface area contributed by atoms with Gasteiger partial charge in [-0.3, -0.25) is 10.1 Å². The van der Waals surface area contributed by atoms with Crippen LogP contribution in [0.2, 0.25) is 0 Å². The largest absolute Gasteiger partial charge is 0.491 e. The van der Waals surface area contributed by atoms with Gasteiger partial charge in [-0.15, -0.1) is 0 Å². The molecule has 0 spiro atoms. The summed E-state index contributed by atoms with van der Waals surface area (Å²) in [7, 11) is 0. The van der Waals surface area contributed by atoms with Gasteiger partial charge >= 0.3 is 0 Å². The highest BCUT2D eigenvalue weighted by Crippen LogP contribution is 2.33. The summed E-state index contributed by atoms with van der Waals surface area (Å²) in [6.07, 6.45) is 1.68. The highest BCUT2D eigenvalue weighted by molar-refractivity contribution is 6.17. The number of benzene rings is 2. The number of amides is 1. The minimum Gasteiger partial charge on any atom is -0.491 e. The highest BCUT2D eigenvalue weighted by Gasteiger charge is 2.21. The highest BCUT2D eigenvalue weighted by atomic mass is 16.7. The van der Waals surface area contributed by atoms with Gasteiger partial charge in [0.1, 0.15) is 18.1 Å². The van der Waals surface area contributed by atoms with Crippen molar-refractivity contribution < 1.29 is 33.2 Å². The second-order valence-electron chi connectivity index (χ2n) is 7.85. The summed E-state index contributed by atoms with van der Waals surface area (Å²) in [5.41, 5.74) is 9.96. The molecule has 0 aromatic heterocycles. The van der Waals surface area contributed by atoms with Crippen molar-refractivity contribution in [3.63, 3.8) is 0 Å². The van der Waals surface area contributed by atoms with Crippen LogP contribution in [0.25, 0.3) is 16.5 Å². The smallest absolute Gasteiger partial charge is 0.276 e. The number of hydrogen-bond acceptors (Lipinski definition) is 10. The monoisotopic (exact) mass is 524 g/mol. The Hall–Kier alpha value is -4.29. The fourth-order valence-electron chi connectivity index (χ4n) is 3.37. The molecule has 0 radical (unpaired) electrons. The minimum absolute atomic E-state index is 0.191. The van der Waals surface area contributed by atoms with Crippen molar-refractivity contribution in [2.45, 2.75) is 0 Å². The van der Waals surface area contributed by atoms with Crippen molar-refractivity contribution in [3.05, 3.63) is 64.2 Å². The first-order valence-corrected chi connectivity index (χ1v) is 12.0. The SMILES string of the molecule is [N-]=[N+]=NCCOCCOCCOCCOc1ccc(NC2=N/C(=C\c3ccc4c(c3)OCO4)C(=O)N2)cc1. The lowest BCUT2D eigenvalue weighted by Crippen LogP contribution is -2.29. The van der Waals surface area contributed by atoms with E-state index in [9.17, 15) is 4.79 Å². The van der Waals surface area contributed by atoms with Crippen molar-refractivity contribution >= 4 is 23.6 Å². The van der Waals surface area contributed by atoms with Crippen LogP contribution in [-0.4, -0.2) is 71.5 Å². The summed E-state index contributed by atoms with van der Waals surface area (Å²) < 4.78 is 32.5. The third kappa shape index (κ3) is 8.39. The molecule has 0 atom stereocenters. The van der Waals surface area contributed by atoms with E-state index < -0.39 is 0 Å². The lowest BCUT2D eigenvalue weighted by molar-refractivity contribution is -0.115. The lowest BCUT2D eigenvalue weighted by atomic mass is 10.1. The van der Waals surface area contributed by atoms with E-state index in [1.807, 2.05) is 30.3 Å². The molecular weight excluding hydrogens is 496 g/mol. The van der Waals surface area contributed by atoms with Gasteiger partial charge in [-0.1, -0.05) is 11.2 Å². The maximum Gasteiger partial charge on any atom is 0.276 e. The molecule has 13 heteroatoms. The molecule has 0 saturated heterocycles. The zero-order chi connectivity index (χ0) is 26.4. The van der Waals surface area contributed by atoms with E-state index in [1.54, 1.807) is 18.2 Å². The van der Waals surface area contributed by atoms with Crippen LogP contribution in [0.5, 0.6) is 17.2 Å². The number of ether oxygens (including phenoxy) is 6. The summed E-state index contributed by atoms with van der Waals surface area (Å²) in [4.78, 5) is 19.3. The fourth-order valence-corrected chi connectivity index (χ4v) is 3.37. The van der Waals surface area contributed by atoms with Gasteiger partial charge in [0, 0.05) is 17.1 Å². The van der Waals surface area contributed by atoms with Gasteiger partial charge in [-0.25, -0.2) is 4.99 Å². The molecule has 4 rings (SSSR count). The Morgan fingerprint density at radius 1 is 0.974 bits per heavy atom. The predicted octanol–water partition coefficient (Wildman–Crippen LogP) is 3.09. The molecule has 0 unspecified atom stereocenters. The average Bonchev–Trinajstić information content (AvgIpc) is 3.53. The van der Waals surface area contributed by atoms with Gasteiger partial charge in [-0.05, 0) is 53.6 Å². The van der Waals surface area contributed by atoms with Gasteiger partial charge in [0.25, 0.3) is 5.91 Å². The summed E-state index contributed by atoms with van der Waals surface area (Å²) >= 11 is 0. The Bertz CT molecular complexity index is 1200. The van der Waals surface area contributed by atoms with Crippen molar-refractivity contribution in [1.82, 2.24) is 5.32 Å². The molecule has 1 amide bonds. The van der Waals surface area contributed by atoms with Crippen molar-refractivity contribution in [2.24, 2.45) is 10.1 Å². The number of carbonyl (C=O) groups excluding carboxylic acids is 1. The summed E-state index contributed by atoms with van der Waals surface area (Å²) in [6, 6.07) is 12.7. The third-order valence-electron chi connectivity index (χ3n) is 5.15. The van der Waals surface area contributed by atoms with Crippen LogP contribution in [-0.2, 0) is 19.0 Å². The van der Waals surface area contributed by atoms with Crippen molar-refractivity contribution in [1.29, 1.82) is 0 Å². The van der Waals surface area contributed by atoms with Crippen molar-refractivity contribution in [2.75, 3.05) is 64.9 Å². The Kier molecular flexibility index (Phi) is 10.2. The predicted molar refractivity (Wildman–Crippen MR) is 138 cm³/mol. The number of carbonyl (C=O) groups is 1. The standard InChI is InChI=1S/C25H28N6O7/c26-31-27-7-8-33-9-10-34-11-12-35-13-14-36-20-4-2-19(3-5-20)28-25-29-21(24(32)30-25)15-18-1-6-22-23(16-18)38-17-37-22/h1-6,15-16H,7-14,17H2,(H2,28,29,30,32)/b21-15-. The van der Waals surface area contributed by atoms with Crippen LogP contribution in [0.15, 0.2) is 58.3 Å². The molecular formula is C25H28N6O7. The van der Waals surface area contributed by atoms with Gasteiger partial charge in [0.2, 0.25) is 12.8 Å². The average molecular weight is 525 g/mol. The number of nitrogens with zero attached hydrogens (tertiary/aromatic N) is 4. The van der Waals surface area contributed by atoms with Gasteiger partial charge in [0.05, 0.1) is 39.6 Å². The van der Waals surface area contributed by atoms with E-state index in [4.69, 9.17) is 34.0 Å². The maximum atomic E-state index is 12.3. The lowest BCUT2D eigenvalue weighted by Gasteiger charge is -2.09. The Morgan fingerprint density at radius 2 is 1.68 bits per heavy atom. The molecule has 0 saturated carbocycles. The van der Waals surface area contributed by atoms with Gasteiger partial charge in [-0.2, -0.15) is 0 Å². The van der Waals surface area contributed by atoms with Gasteiger partial charge in [0.15, 0.2) is 11.5 Å². The molecule has 2 N–H and O–H groups in total. The molecule has 0 fully saturated rings. The number of nitrogens with one attached hydrogen (secondary N) is 2. The molecule has 2 aromatic carbocycles.